The highest BCUT2D eigenvalue weighted by atomic mass is 127. The average Bonchev–Trinajstić information content (AvgIpc) is 2.64. The van der Waals surface area contributed by atoms with Crippen molar-refractivity contribution in [1.82, 2.24) is 14.9 Å². The summed E-state index contributed by atoms with van der Waals surface area (Å²) in [6, 6.07) is 14.4. The second kappa shape index (κ2) is 10.8. The molecule has 0 saturated heterocycles. The van der Waals surface area contributed by atoms with E-state index in [1.165, 1.54) is 7.05 Å². The van der Waals surface area contributed by atoms with Crippen molar-refractivity contribution in [3.05, 3.63) is 64.7 Å². The van der Waals surface area contributed by atoms with E-state index >= 15 is 0 Å². The second-order valence-electron chi connectivity index (χ2n) is 5.73. The van der Waals surface area contributed by atoms with Gasteiger partial charge in [0.25, 0.3) is 0 Å². The Morgan fingerprint density at radius 1 is 1.07 bits per heavy atom. The average molecular weight is 523 g/mol. The van der Waals surface area contributed by atoms with Crippen LogP contribution in [0.4, 0.5) is 0 Å². The molecule has 0 aliphatic rings. The van der Waals surface area contributed by atoms with Gasteiger partial charge in [0.15, 0.2) is 5.96 Å². The minimum Gasteiger partial charge on any atom is -0.352 e. The van der Waals surface area contributed by atoms with Gasteiger partial charge in [-0.25, -0.2) is 13.1 Å². The van der Waals surface area contributed by atoms with E-state index in [4.69, 9.17) is 11.6 Å². The van der Waals surface area contributed by atoms with E-state index in [2.05, 4.69) is 15.0 Å². The quantitative estimate of drug-likeness (QED) is 0.347. The Morgan fingerprint density at radius 2 is 1.63 bits per heavy atom. The molecular formula is C18H24ClIN4O2S. The number of hydrogen-bond donors (Lipinski definition) is 2. The van der Waals surface area contributed by atoms with Crippen molar-refractivity contribution in [2.75, 3.05) is 21.1 Å². The highest BCUT2D eigenvalue weighted by Crippen LogP contribution is 2.12. The Morgan fingerprint density at radius 3 is 2.15 bits per heavy atom. The van der Waals surface area contributed by atoms with Crippen LogP contribution in [-0.2, 0) is 23.1 Å². The van der Waals surface area contributed by atoms with E-state index < -0.39 is 10.0 Å². The molecule has 148 valence electrons. The van der Waals surface area contributed by atoms with E-state index in [0.29, 0.717) is 18.1 Å². The summed E-state index contributed by atoms with van der Waals surface area (Å²) in [5, 5.41) is 3.98. The normalized spacial score (nSPS) is 11.6. The SMILES string of the molecule is CN=C(NCc1ccc(S(=O)(=O)NC)cc1)N(C)Cc1ccc(Cl)cc1.I. The number of nitrogens with one attached hydrogen (secondary N) is 2. The Balaban J connectivity index is 0.00000364. The van der Waals surface area contributed by atoms with Crippen LogP contribution in [0, 0.1) is 0 Å². The lowest BCUT2D eigenvalue weighted by Crippen LogP contribution is -2.38. The summed E-state index contributed by atoms with van der Waals surface area (Å²) in [7, 11) is 1.66. The maximum atomic E-state index is 11.7. The number of halogens is 2. The summed E-state index contributed by atoms with van der Waals surface area (Å²) in [4.78, 5) is 6.53. The largest absolute Gasteiger partial charge is 0.352 e. The van der Waals surface area contributed by atoms with Crippen molar-refractivity contribution in [3.63, 3.8) is 0 Å². The van der Waals surface area contributed by atoms with Crippen LogP contribution in [0.25, 0.3) is 0 Å². The van der Waals surface area contributed by atoms with Gasteiger partial charge < -0.3 is 10.2 Å². The molecular weight excluding hydrogens is 499 g/mol. The van der Waals surface area contributed by atoms with Crippen LogP contribution >= 0.6 is 35.6 Å². The van der Waals surface area contributed by atoms with Gasteiger partial charge in [-0.3, -0.25) is 4.99 Å². The van der Waals surface area contributed by atoms with Crippen molar-refractivity contribution in [3.8, 4) is 0 Å². The number of benzene rings is 2. The van der Waals surface area contributed by atoms with Crippen LogP contribution in [0.15, 0.2) is 58.4 Å². The molecule has 2 N–H and O–H groups in total. The third-order valence-corrected chi connectivity index (χ3v) is 5.54. The van der Waals surface area contributed by atoms with E-state index in [-0.39, 0.29) is 28.9 Å². The molecule has 2 aromatic rings. The predicted octanol–water partition coefficient (Wildman–Crippen LogP) is 3.07. The zero-order valence-corrected chi connectivity index (χ0v) is 19.3. The molecule has 0 aromatic heterocycles. The fourth-order valence-electron chi connectivity index (χ4n) is 2.41. The summed E-state index contributed by atoms with van der Waals surface area (Å²) < 4.78 is 25.8. The lowest BCUT2D eigenvalue weighted by Gasteiger charge is -2.22. The third-order valence-electron chi connectivity index (χ3n) is 3.86. The number of hydrogen-bond acceptors (Lipinski definition) is 3. The lowest BCUT2D eigenvalue weighted by atomic mass is 10.2. The van der Waals surface area contributed by atoms with Gasteiger partial charge in [-0.1, -0.05) is 35.9 Å². The minimum atomic E-state index is -3.41. The molecule has 0 unspecified atom stereocenters. The molecule has 0 fully saturated rings. The number of aliphatic imine (C=N–C) groups is 1. The topological polar surface area (TPSA) is 73.8 Å². The molecule has 2 aromatic carbocycles. The van der Waals surface area contributed by atoms with Crippen LogP contribution in [0.2, 0.25) is 5.02 Å². The fraction of sp³-hybridized carbons (Fsp3) is 0.278. The highest BCUT2D eigenvalue weighted by molar-refractivity contribution is 14.0. The van der Waals surface area contributed by atoms with Gasteiger partial charge in [-0.15, -0.1) is 24.0 Å². The Kier molecular flexibility index (Phi) is 9.51. The van der Waals surface area contributed by atoms with Crippen LogP contribution in [0.3, 0.4) is 0 Å². The summed E-state index contributed by atoms with van der Waals surface area (Å²) >= 11 is 5.91. The van der Waals surface area contributed by atoms with Gasteiger partial charge >= 0.3 is 0 Å². The molecule has 0 aliphatic heterocycles. The summed E-state index contributed by atoms with van der Waals surface area (Å²) in [6.07, 6.45) is 0. The molecule has 0 atom stereocenters. The number of rotatable bonds is 6. The van der Waals surface area contributed by atoms with Crippen molar-refractivity contribution < 1.29 is 8.42 Å². The van der Waals surface area contributed by atoms with E-state index in [1.54, 1.807) is 31.3 Å². The van der Waals surface area contributed by atoms with Crippen molar-refractivity contribution in [2.45, 2.75) is 18.0 Å². The van der Waals surface area contributed by atoms with Gasteiger partial charge in [0.1, 0.15) is 0 Å². The second-order valence-corrected chi connectivity index (χ2v) is 8.06. The zero-order valence-electron chi connectivity index (χ0n) is 15.4. The van der Waals surface area contributed by atoms with Crippen molar-refractivity contribution in [1.29, 1.82) is 0 Å². The molecule has 0 heterocycles. The molecule has 9 heteroatoms. The molecule has 0 amide bonds. The summed E-state index contributed by atoms with van der Waals surface area (Å²) in [6.45, 7) is 1.23. The van der Waals surface area contributed by atoms with E-state index in [9.17, 15) is 8.42 Å². The molecule has 0 aliphatic carbocycles. The Hall–Kier alpha value is -1.36. The van der Waals surface area contributed by atoms with E-state index in [0.717, 1.165) is 17.1 Å². The number of guanidine groups is 1. The van der Waals surface area contributed by atoms with Gasteiger partial charge in [0.2, 0.25) is 10.0 Å². The Labute approximate surface area is 183 Å². The molecule has 0 saturated carbocycles. The number of nitrogens with zero attached hydrogens (tertiary/aromatic N) is 2. The van der Waals surface area contributed by atoms with Crippen LogP contribution in [0.1, 0.15) is 11.1 Å². The van der Waals surface area contributed by atoms with Crippen LogP contribution < -0.4 is 10.0 Å². The zero-order chi connectivity index (χ0) is 19.2. The number of sulfonamides is 1. The fourth-order valence-corrected chi connectivity index (χ4v) is 3.26. The monoisotopic (exact) mass is 522 g/mol. The first kappa shape index (κ1) is 23.7. The smallest absolute Gasteiger partial charge is 0.240 e. The summed E-state index contributed by atoms with van der Waals surface area (Å²) in [5.41, 5.74) is 2.09. The first-order valence-corrected chi connectivity index (χ1v) is 9.90. The first-order chi connectivity index (χ1) is 12.4. The maximum Gasteiger partial charge on any atom is 0.240 e. The summed E-state index contributed by atoms with van der Waals surface area (Å²) in [5.74, 6) is 0.742. The van der Waals surface area contributed by atoms with Crippen LogP contribution in [0.5, 0.6) is 0 Å². The van der Waals surface area contributed by atoms with E-state index in [1.807, 2.05) is 36.2 Å². The van der Waals surface area contributed by atoms with Gasteiger partial charge in [-0.2, -0.15) is 0 Å². The standard InChI is InChI=1S/C18H23ClN4O2S.HI/c1-20-18(23(3)13-15-4-8-16(19)9-5-15)22-12-14-6-10-17(11-7-14)26(24,25)21-2;/h4-11,21H,12-13H2,1-3H3,(H,20,22);1H. The molecule has 2 rings (SSSR count). The molecule has 0 bridgehead atoms. The Bertz CT molecular complexity index is 856. The van der Waals surface area contributed by atoms with Gasteiger partial charge in [-0.05, 0) is 42.4 Å². The highest BCUT2D eigenvalue weighted by Gasteiger charge is 2.11. The molecule has 0 spiro atoms. The predicted molar refractivity (Wildman–Crippen MR) is 121 cm³/mol. The molecule has 6 nitrogen and oxygen atoms in total. The van der Waals surface area contributed by atoms with Gasteiger partial charge in [0.05, 0.1) is 4.90 Å². The van der Waals surface area contributed by atoms with Gasteiger partial charge in [0, 0.05) is 32.2 Å². The third kappa shape index (κ3) is 6.95. The lowest BCUT2D eigenvalue weighted by molar-refractivity contribution is 0.476. The first-order valence-electron chi connectivity index (χ1n) is 8.04. The van der Waals surface area contributed by atoms with Crippen molar-refractivity contribution >= 4 is 51.6 Å². The molecule has 0 radical (unpaired) electrons. The molecule has 27 heavy (non-hydrogen) atoms. The minimum absolute atomic E-state index is 0. The van der Waals surface area contributed by atoms with Crippen LogP contribution in [-0.4, -0.2) is 40.4 Å². The maximum absolute atomic E-state index is 11.7. The van der Waals surface area contributed by atoms with Crippen molar-refractivity contribution in [2.24, 2.45) is 4.99 Å².